The van der Waals surface area contributed by atoms with E-state index in [2.05, 4.69) is 27.3 Å². The minimum atomic E-state index is -0.161. The van der Waals surface area contributed by atoms with Crippen molar-refractivity contribution >= 4 is 5.69 Å². The average Bonchev–Trinajstić information content (AvgIpc) is 2.74. The lowest BCUT2D eigenvalue weighted by atomic mass is 10.1. The Morgan fingerprint density at radius 3 is 3.25 bits per heavy atom. The van der Waals surface area contributed by atoms with E-state index in [-0.39, 0.29) is 5.56 Å². The maximum absolute atomic E-state index is 11.0. The number of aromatic nitrogens is 2. The summed E-state index contributed by atoms with van der Waals surface area (Å²) < 4.78 is 0. The Bertz CT molecular complexity index is 390. The van der Waals surface area contributed by atoms with E-state index in [4.69, 9.17) is 0 Å². The fourth-order valence-electron chi connectivity index (χ4n) is 2.10. The third kappa shape index (κ3) is 2.82. The van der Waals surface area contributed by atoms with Crippen LogP contribution in [0.15, 0.2) is 17.1 Å². The van der Waals surface area contributed by atoms with E-state index in [1.807, 2.05) is 0 Å². The van der Waals surface area contributed by atoms with Crippen LogP contribution < -0.4 is 10.9 Å². The first-order valence-corrected chi connectivity index (χ1v) is 5.79. The Kier molecular flexibility index (Phi) is 3.56. The Balaban J connectivity index is 1.82. The van der Waals surface area contributed by atoms with Gasteiger partial charge in [-0.2, -0.15) is 5.10 Å². The number of likely N-dealkylation sites (tertiary alicyclic amines) is 1. The Labute approximate surface area is 94.9 Å². The molecule has 1 aromatic heterocycles. The zero-order valence-corrected chi connectivity index (χ0v) is 9.57. The van der Waals surface area contributed by atoms with Crippen LogP contribution in [0.1, 0.15) is 13.3 Å². The summed E-state index contributed by atoms with van der Waals surface area (Å²) in [6, 6.07) is 1.54. The van der Waals surface area contributed by atoms with E-state index in [0.29, 0.717) is 5.92 Å². The van der Waals surface area contributed by atoms with Gasteiger partial charge in [-0.1, -0.05) is 6.92 Å². The second-order valence-corrected chi connectivity index (χ2v) is 4.26. The van der Waals surface area contributed by atoms with Crippen molar-refractivity contribution < 1.29 is 0 Å². The highest BCUT2D eigenvalue weighted by atomic mass is 16.1. The molecule has 0 aromatic carbocycles. The van der Waals surface area contributed by atoms with Gasteiger partial charge in [-0.3, -0.25) is 4.79 Å². The quantitative estimate of drug-likeness (QED) is 0.780. The number of hydrogen-bond acceptors (Lipinski definition) is 4. The molecule has 88 valence electrons. The molecule has 2 heterocycles. The zero-order valence-electron chi connectivity index (χ0n) is 9.57. The maximum Gasteiger partial charge on any atom is 0.266 e. The van der Waals surface area contributed by atoms with Crippen molar-refractivity contribution in [3.05, 3.63) is 22.6 Å². The van der Waals surface area contributed by atoms with Crippen LogP contribution in [0.25, 0.3) is 0 Å². The van der Waals surface area contributed by atoms with Crippen molar-refractivity contribution in [1.82, 2.24) is 15.1 Å². The Hall–Kier alpha value is -1.36. The molecule has 5 nitrogen and oxygen atoms in total. The molecule has 1 fully saturated rings. The van der Waals surface area contributed by atoms with Gasteiger partial charge in [-0.05, 0) is 25.4 Å². The first-order chi connectivity index (χ1) is 7.78. The lowest BCUT2D eigenvalue weighted by Gasteiger charge is -2.13. The van der Waals surface area contributed by atoms with Crippen molar-refractivity contribution in [2.75, 3.05) is 31.5 Å². The fraction of sp³-hybridized carbons (Fsp3) is 0.636. The topological polar surface area (TPSA) is 61.0 Å². The third-order valence-electron chi connectivity index (χ3n) is 3.08. The summed E-state index contributed by atoms with van der Waals surface area (Å²) in [5, 5.41) is 9.38. The maximum atomic E-state index is 11.0. The zero-order chi connectivity index (χ0) is 11.4. The van der Waals surface area contributed by atoms with Crippen molar-refractivity contribution in [3.8, 4) is 0 Å². The molecule has 0 bridgehead atoms. The van der Waals surface area contributed by atoms with Gasteiger partial charge in [0.05, 0.1) is 11.9 Å². The lowest BCUT2D eigenvalue weighted by molar-refractivity contribution is 0.345. The van der Waals surface area contributed by atoms with E-state index in [9.17, 15) is 4.79 Å². The summed E-state index contributed by atoms with van der Waals surface area (Å²) in [6.45, 7) is 6.58. The second-order valence-electron chi connectivity index (χ2n) is 4.26. The molecule has 1 saturated heterocycles. The van der Waals surface area contributed by atoms with E-state index >= 15 is 0 Å². The largest absolute Gasteiger partial charge is 0.383 e. The molecule has 1 aromatic rings. The van der Waals surface area contributed by atoms with E-state index < -0.39 is 0 Å². The number of rotatable bonds is 4. The number of nitrogens with one attached hydrogen (secondary N) is 2. The summed E-state index contributed by atoms with van der Waals surface area (Å²) in [4.78, 5) is 13.5. The summed E-state index contributed by atoms with van der Waals surface area (Å²) >= 11 is 0. The van der Waals surface area contributed by atoms with Gasteiger partial charge in [0.2, 0.25) is 0 Å². The van der Waals surface area contributed by atoms with Gasteiger partial charge in [0.15, 0.2) is 0 Å². The molecule has 1 aliphatic heterocycles. The molecule has 0 spiro atoms. The number of anilines is 1. The molecule has 1 unspecified atom stereocenters. The number of nitrogens with zero attached hydrogens (tertiary/aromatic N) is 2. The molecular weight excluding hydrogens is 204 g/mol. The SMILES string of the molecule is CCN1CCC(CNc2cn[nH]c(=O)c2)C1. The van der Waals surface area contributed by atoms with Crippen molar-refractivity contribution in [2.24, 2.45) is 5.92 Å². The highest BCUT2D eigenvalue weighted by molar-refractivity contribution is 5.38. The molecule has 0 amide bonds. The van der Waals surface area contributed by atoms with Crippen LogP contribution >= 0.6 is 0 Å². The molecule has 1 aliphatic rings. The van der Waals surface area contributed by atoms with Crippen molar-refractivity contribution in [2.45, 2.75) is 13.3 Å². The van der Waals surface area contributed by atoms with Gasteiger partial charge in [0.25, 0.3) is 5.56 Å². The molecular formula is C11H18N4O. The van der Waals surface area contributed by atoms with E-state index in [1.54, 1.807) is 12.3 Å². The molecule has 1 atom stereocenters. The van der Waals surface area contributed by atoms with Crippen molar-refractivity contribution in [3.63, 3.8) is 0 Å². The summed E-state index contributed by atoms with van der Waals surface area (Å²) in [5.41, 5.74) is 0.644. The Morgan fingerprint density at radius 1 is 1.69 bits per heavy atom. The molecule has 0 aliphatic carbocycles. The van der Waals surface area contributed by atoms with Crippen LogP contribution in [0.3, 0.4) is 0 Å². The average molecular weight is 222 g/mol. The molecule has 0 saturated carbocycles. The summed E-state index contributed by atoms with van der Waals surface area (Å²) in [7, 11) is 0. The molecule has 0 radical (unpaired) electrons. The second kappa shape index (κ2) is 5.12. The molecule has 16 heavy (non-hydrogen) atoms. The predicted octanol–water partition coefficient (Wildman–Crippen LogP) is 0.524. The van der Waals surface area contributed by atoms with Crippen LogP contribution in [-0.2, 0) is 0 Å². The van der Waals surface area contributed by atoms with Gasteiger partial charge in [-0.15, -0.1) is 0 Å². The summed E-state index contributed by atoms with van der Waals surface area (Å²) in [6.07, 6.45) is 2.88. The van der Waals surface area contributed by atoms with Gasteiger partial charge < -0.3 is 10.2 Å². The highest BCUT2D eigenvalue weighted by Gasteiger charge is 2.20. The number of hydrogen-bond donors (Lipinski definition) is 2. The standard InChI is InChI=1S/C11H18N4O/c1-2-15-4-3-9(8-15)6-12-10-5-11(16)14-13-7-10/h5,7,9H,2-4,6,8H2,1H3,(H2,12,14,16). The third-order valence-corrected chi connectivity index (χ3v) is 3.08. The monoisotopic (exact) mass is 222 g/mol. The normalized spacial score (nSPS) is 21.2. The minimum absolute atomic E-state index is 0.161. The van der Waals surface area contributed by atoms with Crippen molar-refractivity contribution in [1.29, 1.82) is 0 Å². The van der Waals surface area contributed by atoms with Crippen LogP contribution in [-0.4, -0.2) is 41.3 Å². The molecule has 2 N–H and O–H groups in total. The van der Waals surface area contributed by atoms with Gasteiger partial charge >= 0.3 is 0 Å². The minimum Gasteiger partial charge on any atom is -0.383 e. The first-order valence-electron chi connectivity index (χ1n) is 5.79. The fourth-order valence-corrected chi connectivity index (χ4v) is 2.10. The Morgan fingerprint density at radius 2 is 2.56 bits per heavy atom. The summed E-state index contributed by atoms with van der Waals surface area (Å²) in [5.74, 6) is 0.680. The van der Waals surface area contributed by atoms with Crippen LogP contribution in [0.5, 0.6) is 0 Å². The predicted molar refractivity (Wildman–Crippen MR) is 63.6 cm³/mol. The van der Waals surface area contributed by atoms with Gasteiger partial charge in [0.1, 0.15) is 0 Å². The first kappa shape index (κ1) is 11.1. The molecule has 2 rings (SSSR count). The van der Waals surface area contributed by atoms with Crippen LogP contribution in [0.2, 0.25) is 0 Å². The van der Waals surface area contributed by atoms with Gasteiger partial charge in [-0.25, -0.2) is 5.10 Å². The number of aromatic amines is 1. The number of H-pyrrole nitrogens is 1. The van der Waals surface area contributed by atoms with E-state index in [0.717, 1.165) is 25.3 Å². The smallest absolute Gasteiger partial charge is 0.266 e. The highest BCUT2D eigenvalue weighted by Crippen LogP contribution is 2.16. The van der Waals surface area contributed by atoms with Crippen LogP contribution in [0.4, 0.5) is 5.69 Å². The van der Waals surface area contributed by atoms with Gasteiger partial charge in [0, 0.05) is 19.2 Å². The molecule has 5 heteroatoms. The lowest BCUT2D eigenvalue weighted by Crippen LogP contribution is -2.22. The van der Waals surface area contributed by atoms with Crippen LogP contribution in [0, 0.1) is 5.92 Å². The van der Waals surface area contributed by atoms with E-state index in [1.165, 1.54) is 13.0 Å².